The van der Waals surface area contributed by atoms with Gasteiger partial charge in [-0.1, -0.05) is 11.8 Å². The van der Waals surface area contributed by atoms with Crippen molar-refractivity contribution in [2.24, 2.45) is 0 Å². The van der Waals surface area contributed by atoms with E-state index < -0.39 is 0 Å². The predicted molar refractivity (Wildman–Crippen MR) is 94.0 cm³/mol. The number of thiazole rings is 1. The van der Waals surface area contributed by atoms with Crippen LogP contribution in [0.3, 0.4) is 0 Å². The average molecular weight is 418 g/mol. The lowest BCUT2D eigenvalue weighted by Gasteiger charge is -1.95. The van der Waals surface area contributed by atoms with E-state index in [1.807, 2.05) is 5.38 Å². The van der Waals surface area contributed by atoms with Crippen molar-refractivity contribution >= 4 is 51.7 Å². The van der Waals surface area contributed by atoms with E-state index in [0.29, 0.717) is 0 Å². The van der Waals surface area contributed by atoms with Gasteiger partial charge in [0.15, 0.2) is 4.34 Å². The number of rotatable bonds is 2. The van der Waals surface area contributed by atoms with Gasteiger partial charge in [-0.3, -0.25) is 0 Å². The van der Waals surface area contributed by atoms with Crippen LogP contribution in [-0.4, -0.2) is 4.98 Å². The fourth-order valence-corrected chi connectivity index (χ4v) is 3.82. The van der Waals surface area contributed by atoms with Crippen molar-refractivity contribution in [2.75, 3.05) is 0 Å². The van der Waals surface area contributed by atoms with Crippen molar-refractivity contribution < 1.29 is 8.78 Å². The first-order valence-corrected chi connectivity index (χ1v) is 8.95. The highest BCUT2D eigenvalue weighted by Gasteiger charge is 2.02. The van der Waals surface area contributed by atoms with Gasteiger partial charge in [0, 0.05) is 15.2 Å². The number of halogens is 3. The Morgan fingerprint density at radius 2 is 1.50 bits per heavy atom. The fourth-order valence-electron chi connectivity index (χ4n) is 1.33. The van der Waals surface area contributed by atoms with Crippen LogP contribution < -0.4 is 0 Å². The van der Waals surface area contributed by atoms with Gasteiger partial charge in [-0.15, -0.1) is 24.0 Å². The third kappa shape index (κ3) is 6.08. The summed E-state index contributed by atoms with van der Waals surface area (Å²) in [4.78, 5) is 6.01. The van der Waals surface area contributed by atoms with Gasteiger partial charge in [-0.25, -0.2) is 13.8 Å². The summed E-state index contributed by atoms with van der Waals surface area (Å²) in [5.74, 6) is -0.433. The predicted octanol–water partition coefficient (Wildman–Crippen LogP) is 6.31. The molecule has 0 bridgehead atoms. The van der Waals surface area contributed by atoms with E-state index in [1.165, 1.54) is 36.0 Å². The number of aromatic nitrogens is 1. The Morgan fingerprint density at radius 1 is 0.955 bits per heavy atom. The third-order valence-corrected chi connectivity index (χ3v) is 5.25. The summed E-state index contributed by atoms with van der Waals surface area (Å²) in [7, 11) is 0. The molecule has 0 atom stereocenters. The van der Waals surface area contributed by atoms with E-state index in [-0.39, 0.29) is 11.6 Å². The molecule has 0 aliphatic heterocycles. The highest BCUT2D eigenvalue weighted by molar-refractivity contribution is 9.10. The quantitative estimate of drug-likeness (QED) is 0.490. The molecule has 1 nitrogen and oxygen atoms in total. The van der Waals surface area contributed by atoms with Gasteiger partial charge < -0.3 is 0 Å². The SMILES string of the molecule is Fc1ccc(S)cc1.Fc1ccc(Sc2nc(Br)cs2)cc1. The maximum absolute atomic E-state index is 12.6. The second-order valence-electron chi connectivity index (χ2n) is 3.97. The van der Waals surface area contributed by atoms with E-state index in [1.54, 1.807) is 35.6 Å². The van der Waals surface area contributed by atoms with Crippen LogP contribution in [0.4, 0.5) is 8.78 Å². The van der Waals surface area contributed by atoms with Crippen LogP contribution in [0.2, 0.25) is 0 Å². The molecule has 7 heteroatoms. The lowest BCUT2D eigenvalue weighted by molar-refractivity contribution is 0.626. The van der Waals surface area contributed by atoms with E-state index in [9.17, 15) is 8.78 Å². The molecule has 0 radical (unpaired) electrons. The second kappa shape index (κ2) is 8.67. The van der Waals surface area contributed by atoms with E-state index >= 15 is 0 Å². The zero-order valence-electron chi connectivity index (χ0n) is 11.0. The maximum Gasteiger partial charge on any atom is 0.155 e. The Morgan fingerprint density at radius 3 is 1.95 bits per heavy atom. The van der Waals surface area contributed by atoms with Gasteiger partial charge in [0.25, 0.3) is 0 Å². The molecule has 1 heterocycles. The first-order chi connectivity index (χ1) is 10.5. The zero-order valence-corrected chi connectivity index (χ0v) is 15.2. The van der Waals surface area contributed by atoms with Crippen LogP contribution >= 0.6 is 51.7 Å². The minimum Gasteiger partial charge on any atom is -0.222 e. The van der Waals surface area contributed by atoms with E-state index in [2.05, 4.69) is 33.5 Å². The van der Waals surface area contributed by atoms with Crippen molar-refractivity contribution in [2.45, 2.75) is 14.1 Å². The Bertz CT molecular complexity index is 693. The monoisotopic (exact) mass is 417 g/mol. The summed E-state index contributed by atoms with van der Waals surface area (Å²) >= 11 is 10.3. The summed E-state index contributed by atoms with van der Waals surface area (Å²) < 4.78 is 26.4. The van der Waals surface area contributed by atoms with Crippen LogP contribution in [0.25, 0.3) is 0 Å². The standard InChI is InChI=1S/C9H5BrFNS2.C6H5FS/c10-8-5-13-9(12-8)14-7-3-1-6(11)2-4-7;7-5-1-3-6(8)4-2-5/h1-5H;1-4,8H. The molecular weight excluding hydrogens is 408 g/mol. The molecule has 2 aromatic carbocycles. The Hall–Kier alpha value is -0.890. The van der Waals surface area contributed by atoms with Crippen LogP contribution in [-0.2, 0) is 0 Å². The molecule has 0 saturated carbocycles. The molecule has 1 aromatic heterocycles. The van der Waals surface area contributed by atoms with Crippen LogP contribution in [0.5, 0.6) is 0 Å². The van der Waals surface area contributed by atoms with Gasteiger partial charge in [0.05, 0.1) is 0 Å². The van der Waals surface area contributed by atoms with Crippen molar-refractivity contribution in [3.63, 3.8) is 0 Å². The van der Waals surface area contributed by atoms with Gasteiger partial charge in [0.2, 0.25) is 0 Å². The van der Waals surface area contributed by atoms with Crippen LogP contribution in [0.15, 0.2) is 72.6 Å². The summed E-state index contributed by atoms with van der Waals surface area (Å²) in [5, 5.41) is 1.92. The molecule has 0 fully saturated rings. The van der Waals surface area contributed by atoms with Gasteiger partial charge in [0.1, 0.15) is 16.2 Å². The number of benzene rings is 2. The summed E-state index contributed by atoms with van der Waals surface area (Å²) in [5.41, 5.74) is 0. The Labute approximate surface area is 149 Å². The highest BCUT2D eigenvalue weighted by Crippen LogP contribution is 2.31. The van der Waals surface area contributed by atoms with Crippen molar-refractivity contribution in [3.05, 3.63) is 70.1 Å². The average Bonchev–Trinajstić information content (AvgIpc) is 2.91. The van der Waals surface area contributed by atoms with Crippen molar-refractivity contribution in [1.82, 2.24) is 4.98 Å². The Kier molecular flexibility index (Phi) is 6.88. The fraction of sp³-hybridized carbons (Fsp3) is 0. The van der Waals surface area contributed by atoms with Crippen molar-refractivity contribution in [3.8, 4) is 0 Å². The molecule has 0 N–H and O–H groups in total. The largest absolute Gasteiger partial charge is 0.222 e. The van der Waals surface area contributed by atoms with Gasteiger partial charge in [-0.2, -0.15) is 0 Å². The molecule has 0 aliphatic rings. The summed E-state index contributed by atoms with van der Waals surface area (Å²) in [6, 6.07) is 12.4. The van der Waals surface area contributed by atoms with Crippen LogP contribution in [0, 0.1) is 11.6 Å². The molecule has 114 valence electrons. The molecule has 0 amide bonds. The highest BCUT2D eigenvalue weighted by atomic mass is 79.9. The molecule has 0 spiro atoms. The number of hydrogen-bond acceptors (Lipinski definition) is 4. The number of thiol groups is 1. The van der Waals surface area contributed by atoms with Gasteiger partial charge >= 0.3 is 0 Å². The second-order valence-corrected chi connectivity index (χ2v) is 7.48. The first-order valence-electron chi connectivity index (χ1n) is 6.02. The normalized spacial score (nSPS) is 10.0. The zero-order chi connectivity index (χ0) is 15.9. The first kappa shape index (κ1) is 17.5. The lowest BCUT2D eigenvalue weighted by Crippen LogP contribution is -1.74. The number of nitrogens with zero attached hydrogens (tertiary/aromatic N) is 1. The summed E-state index contributed by atoms with van der Waals surface area (Å²) in [6.45, 7) is 0. The molecule has 22 heavy (non-hydrogen) atoms. The molecule has 3 aromatic rings. The molecule has 0 aliphatic carbocycles. The van der Waals surface area contributed by atoms with Crippen LogP contribution in [0.1, 0.15) is 0 Å². The number of hydrogen-bond donors (Lipinski definition) is 1. The molecular formula is C15H10BrF2NS3. The van der Waals surface area contributed by atoms with E-state index in [4.69, 9.17) is 0 Å². The lowest BCUT2D eigenvalue weighted by atomic mass is 10.4. The molecule has 0 unspecified atom stereocenters. The molecule has 3 rings (SSSR count). The topological polar surface area (TPSA) is 12.9 Å². The third-order valence-electron chi connectivity index (χ3n) is 2.30. The minimum absolute atomic E-state index is 0.213. The van der Waals surface area contributed by atoms with Gasteiger partial charge in [-0.05, 0) is 64.5 Å². The molecule has 0 saturated heterocycles. The smallest absolute Gasteiger partial charge is 0.155 e. The minimum atomic E-state index is -0.220. The summed E-state index contributed by atoms with van der Waals surface area (Å²) in [6.07, 6.45) is 0. The van der Waals surface area contributed by atoms with E-state index in [0.717, 1.165) is 18.7 Å². The maximum atomic E-state index is 12.6. The van der Waals surface area contributed by atoms with Crippen molar-refractivity contribution in [1.29, 1.82) is 0 Å². The Balaban J connectivity index is 0.000000188.